The van der Waals surface area contributed by atoms with Gasteiger partial charge in [0.1, 0.15) is 0 Å². The van der Waals surface area contributed by atoms with Gasteiger partial charge in [0.25, 0.3) is 0 Å². The summed E-state index contributed by atoms with van der Waals surface area (Å²) in [4.78, 5) is 1.40. The van der Waals surface area contributed by atoms with Crippen molar-refractivity contribution in [2.75, 3.05) is 6.54 Å². The molecule has 0 spiro atoms. The van der Waals surface area contributed by atoms with Crippen LogP contribution in [-0.4, -0.2) is 6.54 Å². The molecule has 1 heterocycles. The molecule has 68 valence electrons. The van der Waals surface area contributed by atoms with Crippen LogP contribution < -0.4 is 5.32 Å². The van der Waals surface area contributed by atoms with Gasteiger partial charge in [0.2, 0.25) is 0 Å². The van der Waals surface area contributed by atoms with Gasteiger partial charge in [0, 0.05) is 11.4 Å². The van der Waals surface area contributed by atoms with Gasteiger partial charge in [0.05, 0.1) is 0 Å². The molecule has 0 bridgehead atoms. The van der Waals surface area contributed by atoms with Crippen LogP contribution in [0.15, 0.2) is 11.4 Å². The maximum absolute atomic E-state index is 3.42. The molecule has 0 aliphatic heterocycles. The largest absolute Gasteiger partial charge is 0.312 e. The molecule has 0 radical (unpaired) electrons. The maximum Gasteiger partial charge on any atom is 0.0213 e. The van der Waals surface area contributed by atoms with E-state index in [9.17, 15) is 0 Å². The molecule has 0 aliphatic rings. The summed E-state index contributed by atoms with van der Waals surface area (Å²) in [5, 5.41) is 5.65. The van der Waals surface area contributed by atoms with Crippen LogP contribution in [0.3, 0.4) is 0 Å². The molecule has 0 saturated carbocycles. The summed E-state index contributed by atoms with van der Waals surface area (Å²) in [7, 11) is 0. The Kier molecular flexibility index (Phi) is 3.76. The van der Waals surface area contributed by atoms with Crippen molar-refractivity contribution in [3.63, 3.8) is 0 Å². The monoisotopic (exact) mass is 183 g/mol. The van der Waals surface area contributed by atoms with E-state index in [-0.39, 0.29) is 0 Å². The fourth-order valence-corrected chi connectivity index (χ4v) is 1.80. The number of hydrogen-bond donors (Lipinski definition) is 1. The molecule has 0 aromatic carbocycles. The molecule has 1 nitrogen and oxygen atoms in total. The van der Waals surface area contributed by atoms with Crippen LogP contribution in [0.5, 0.6) is 0 Å². The van der Waals surface area contributed by atoms with Gasteiger partial charge in [0.15, 0.2) is 0 Å². The smallest absolute Gasteiger partial charge is 0.0213 e. The first kappa shape index (κ1) is 9.75. The Bertz CT molecular complexity index is 227. The third-order valence-corrected chi connectivity index (χ3v) is 2.58. The van der Waals surface area contributed by atoms with Crippen molar-refractivity contribution in [1.29, 1.82) is 0 Å². The summed E-state index contributed by atoms with van der Waals surface area (Å²) in [6.45, 7) is 8.73. The van der Waals surface area contributed by atoms with E-state index in [1.807, 2.05) is 11.3 Å². The van der Waals surface area contributed by atoms with Crippen molar-refractivity contribution in [3.8, 4) is 0 Å². The number of aryl methyl sites for hydroxylation is 1. The van der Waals surface area contributed by atoms with Gasteiger partial charge in [-0.3, -0.25) is 0 Å². The van der Waals surface area contributed by atoms with Gasteiger partial charge in [-0.25, -0.2) is 0 Å². The van der Waals surface area contributed by atoms with Crippen LogP contribution >= 0.6 is 11.3 Å². The predicted molar refractivity (Wildman–Crippen MR) is 55.6 cm³/mol. The summed E-state index contributed by atoms with van der Waals surface area (Å²) in [5.74, 6) is 0.740. The normalized spacial score (nSPS) is 11.0. The first-order chi connectivity index (χ1) is 5.68. The van der Waals surface area contributed by atoms with Crippen LogP contribution in [-0.2, 0) is 6.54 Å². The first-order valence-corrected chi connectivity index (χ1v) is 5.31. The Balaban J connectivity index is 2.24. The molecule has 1 N–H and O–H groups in total. The Labute approximate surface area is 78.8 Å². The minimum absolute atomic E-state index is 0.740. The van der Waals surface area contributed by atoms with Gasteiger partial charge in [-0.2, -0.15) is 0 Å². The van der Waals surface area contributed by atoms with Gasteiger partial charge in [-0.1, -0.05) is 13.8 Å². The van der Waals surface area contributed by atoms with Gasteiger partial charge in [-0.05, 0) is 36.4 Å². The number of hydrogen-bond acceptors (Lipinski definition) is 2. The fraction of sp³-hybridized carbons (Fsp3) is 0.600. The molecular formula is C10H17NS. The van der Waals surface area contributed by atoms with E-state index in [2.05, 4.69) is 37.5 Å². The number of nitrogens with one attached hydrogen (secondary N) is 1. The van der Waals surface area contributed by atoms with E-state index < -0.39 is 0 Å². The Morgan fingerprint density at radius 2 is 2.25 bits per heavy atom. The summed E-state index contributed by atoms with van der Waals surface area (Å²) in [6, 6.07) is 2.25. The first-order valence-electron chi connectivity index (χ1n) is 4.43. The van der Waals surface area contributed by atoms with E-state index in [0.717, 1.165) is 19.0 Å². The van der Waals surface area contributed by atoms with E-state index in [0.29, 0.717) is 0 Å². The number of thiophene rings is 1. The molecule has 0 unspecified atom stereocenters. The van der Waals surface area contributed by atoms with Gasteiger partial charge >= 0.3 is 0 Å². The second kappa shape index (κ2) is 4.63. The zero-order valence-corrected chi connectivity index (χ0v) is 8.87. The van der Waals surface area contributed by atoms with Gasteiger partial charge in [-0.15, -0.1) is 11.3 Å². The van der Waals surface area contributed by atoms with Crippen molar-refractivity contribution >= 4 is 11.3 Å². The zero-order chi connectivity index (χ0) is 8.97. The lowest BCUT2D eigenvalue weighted by molar-refractivity contribution is 0.553. The molecule has 1 aromatic heterocycles. The van der Waals surface area contributed by atoms with Crippen LogP contribution in [0.25, 0.3) is 0 Å². The highest BCUT2D eigenvalue weighted by molar-refractivity contribution is 7.10. The lowest BCUT2D eigenvalue weighted by Gasteiger charge is -2.05. The van der Waals surface area contributed by atoms with E-state index in [1.54, 1.807) is 0 Å². The highest BCUT2D eigenvalue weighted by Gasteiger charge is 1.96. The topological polar surface area (TPSA) is 12.0 Å². The summed E-state index contributed by atoms with van der Waals surface area (Å²) in [6.07, 6.45) is 0. The van der Waals surface area contributed by atoms with E-state index in [4.69, 9.17) is 0 Å². The third kappa shape index (κ3) is 3.37. The Morgan fingerprint density at radius 1 is 1.50 bits per heavy atom. The predicted octanol–water partition coefficient (Wildman–Crippen LogP) is 2.80. The molecular weight excluding hydrogens is 166 g/mol. The number of rotatable bonds is 4. The zero-order valence-electron chi connectivity index (χ0n) is 8.05. The van der Waals surface area contributed by atoms with Crippen molar-refractivity contribution in [2.24, 2.45) is 5.92 Å². The molecule has 0 saturated heterocycles. The lowest BCUT2D eigenvalue weighted by atomic mass is 10.2. The van der Waals surface area contributed by atoms with Crippen LogP contribution in [0, 0.1) is 12.8 Å². The fourth-order valence-electron chi connectivity index (χ4n) is 1.10. The average molecular weight is 183 g/mol. The standard InChI is InChI=1S/C10H17NS/c1-8(2)5-11-6-10-4-9(3)12-7-10/h4,7-8,11H,5-6H2,1-3H3. The van der Waals surface area contributed by atoms with Crippen LogP contribution in [0.2, 0.25) is 0 Å². The Hall–Kier alpha value is -0.340. The lowest BCUT2D eigenvalue weighted by Crippen LogP contribution is -2.18. The highest BCUT2D eigenvalue weighted by atomic mass is 32.1. The van der Waals surface area contributed by atoms with E-state index in [1.165, 1.54) is 10.4 Å². The Morgan fingerprint density at radius 3 is 2.75 bits per heavy atom. The molecule has 1 aromatic rings. The molecule has 0 atom stereocenters. The summed E-state index contributed by atoms with van der Waals surface area (Å²) < 4.78 is 0. The third-order valence-electron chi connectivity index (χ3n) is 1.67. The maximum atomic E-state index is 3.42. The SMILES string of the molecule is Cc1cc(CNCC(C)C)cs1. The highest BCUT2D eigenvalue weighted by Crippen LogP contribution is 2.12. The minimum Gasteiger partial charge on any atom is -0.312 e. The van der Waals surface area contributed by atoms with Crippen molar-refractivity contribution < 1.29 is 0 Å². The summed E-state index contributed by atoms with van der Waals surface area (Å²) in [5.41, 5.74) is 1.41. The van der Waals surface area contributed by atoms with Crippen LogP contribution in [0.4, 0.5) is 0 Å². The second-order valence-electron chi connectivity index (χ2n) is 3.59. The van der Waals surface area contributed by atoms with E-state index >= 15 is 0 Å². The van der Waals surface area contributed by atoms with Gasteiger partial charge < -0.3 is 5.32 Å². The molecule has 0 amide bonds. The minimum atomic E-state index is 0.740. The molecule has 0 fully saturated rings. The average Bonchev–Trinajstić information content (AvgIpc) is 2.35. The quantitative estimate of drug-likeness (QED) is 0.757. The molecule has 0 aliphatic carbocycles. The molecule has 1 rings (SSSR count). The summed E-state index contributed by atoms with van der Waals surface area (Å²) >= 11 is 1.82. The van der Waals surface area contributed by atoms with Crippen LogP contribution in [0.1, 0.15) is 24.3 Å². The van der Waals surface area contributed by atoms with Crippen molar-refractivity contribution in [2.45, 2.75) is 27.3 Å². The molecule has 12 heavy (non-hydrogen) atoms. The molecule has 2 heteroatoms. The van der Waals surface area contributed by atoms with Crippen molar-refractivity contribution in [1.82, 2.24) is 5.32 Å². The van der Waals surface area contributed by atoms with Crippen molar-refractivity contribution in [3.05, 3.63) is 21.9 Å². The second-order valence-corrected chi connectivity index (χ2v) is 4.71.